The molecule has 5 heteroatoms. The summed E-state index contributed by atoms with van der Waals surface area (Å²) in [6.07, 6.45) is 1.13. The van der Waals surface area contributed by atoms with Gasteiger partial charge in [0.2, 0.25) is 0 Å². The quantitative estimate of drug-likeness (QED) is 0.868. The minimum atomic E-state index is -1.23. The first kappa shape index (κ1) is 12.2. The van der Waals surface area contributed by atoms with E-state index in [0.29, 0.717) is 18.2 Å². The predicted octanol–water partition coefficient (Wildman–Crippen LogP) is 2.69. The molecule has 0 spiro atoms. The number of carboxylic acid groups (broad SMARTS) is 1. The van der Waals surface area contributed by atoms with Gasteiger partial charge in [0.05, 0.1) is 5.69 Å². The molecule has 1 aliphatic heterocycles. The maximum atomic E-state index is 13.4. The molecule has 1 aromatic rings. The van der Waals surface area contributed by atoms with Gasteiger partial charge in [-0.15, -0.1) is 0 Å². The largest absolute Gasteiger partial charge is 0.478 e. The molecule has 0 saturated carbocycles. The van der Waals surface area contributed by atoms with Gasteiger partial charge < -0.3 is 10.4 Å². The molecule has 0 radical (unpaired) electrons. The highest BCUT2D eigenvalue weighted by Crippen LogP contribution is 2.25. The minimum absolute atomic E-state index is 0.266. The average molecular weight is 255 g/mol. The van der Waals surface area contributed by atoms with E-state index >= 15 is 0 Å². The predicted molar refractivity (Wildman–Crippen MR) is 67.3 cm³/mol. The number of carbonyl (C=O) groups is 1. The van der Waals surface area contributed by atoms with E-state index < -0.39 is 11.8 Å². The highest BCUT2D eigenvalue weighted by Gasteiger charge is 2.18. The number of hydrogen-bond acceptors (Lipinski definition) is 3. The van der Waals surface area contributed by atoms with Gasteiger partial charge in [-0.1, -0.05) is 6.07 Å². The van der Waals surface area contributed by atoms with E-state index in [9.17, 15) is 9.18 Å². The van der Waals surface area contributed by atoms with E-state index in [1.807, 2.05) is 11.8 Å². The Morgan fingerprint density at radius 1 is 1.59 bits per heavy atom. The van der Waals surface area contributed by atoms with Gasteiger partial charge in [-0.3, -0.25) is 0 Å². The van der Waals surface area contributed by atoms with Gasteiger partial charge in [0.1, 0.15) is 11.4 Å². The first-order valence-corrected chi connectivity index (χ1v) is 6.67. The van der Waals surface area contributed by atoms with Crippen LogP contribution in [0.2, 0.25) is 0 Å². The number of carboxylic acids is 1. The van der Waals surface area contributed by atoms with Crippen molar-refractivity contribution in [3.63, 3.8) is 0 Å². The number of benzene rings is 1. The van der Waals surface area contributed by atoms with Crippen molar-refractivity contribution in [2.75, 3.05) is 23.4 Å². The van der Waals surface area contributed by atoms with Gasteiger partial charge >= 0.3 is 5.97 Å². The van der Waals surface area contributed by atoms with Crippen LogP contribution in [0.4, 0.5) is 10.1 Å². The number of rotatable bonds is 4. The summed E-state index contributed by atoms with van der Waals surface area (Å²) in [5, 5.41) is 12.0. The van der Waals surface area contributed by atoms with E-state index in [4.69, 9.17) is 5.11 Å². The number of halogens is 1. The number of aromatic carboxylic acids is 1. The van der Waals surface area contributed by atoms with Crippen molar-refractivity contribution < 1.29 is 14.3 Å². The van der Waals surface area contributed by atoms with Crippen molar-refractivity contribution in [2.24, 2.45) is 5.92 Å². The van der Waals surface area contributed by atoms with Gasteiger partial charge in [-0.05, 0) is 36.0 Å². The Morgan fingerprint density at radius 2 is 2.41 bits per heavy atom. The molecule has 0 aliphatic carbocycles. The summed E-state index contributed by atoms with van der Waals surface area (Å²) in [6, 6.07) is 4.29. The van der Waals surface area contributed by atoms with E-state index in [-0.39, 0.29) is 5.56 Å². The molecule has 3 nitrogen and oxygen atoms in total. The lowest BCUT2D eigenvalue weighted by Gasteiger charge is -2.13. The Hall–Kier alpha value is -1.23. The van der Waals surface area contributed by atoms with Crippen molar-refractivity contribution in [3.8, 4) is 0 Å². The Bertz CT molecular complexity index is 419. The number of hydrogen-bond donors (Lipinski definition) is 2. The third-order valence-corrected chi connectivity index (χ3v) is 4.06. The van der Waals surface area contributed by atoms with Crippen LogP contribution < -0.4 is 5.32 Å². The van der Waals surface area contributed by atoms with Crippen molar-refractivity contribution in [2.45, 2.75) is 6.42 Å². The van der Waals surface area contributed by atoms with Gasteiger partial charge in [0.15, 0.2) is 0 Å². The second kappa shape index (κ2) is 5.40. The van der Waals surface area contributed by atoms with Crippen LogP contribution in [0.5, 0.6) is 0 Å². The molecule has 1 fully saturated rings. The molecule has 1 heterocycles. The topological polar surface area (TPSA) is 49.3 Å². The molecule has 0 bridgehead atoms. The van der Waals surface area contributed by atoms with Crippen LogP contribution in [0.1, 0.15) is 16.8 Å². The minimum Gasteiger partial charge on any atom is -0.478 e. The summed E-state index contributed by atoms with van der Waals surface area (Å²) in [5.74, 6) is 0.867. The van der Waals surface area contributed by atoms with Crippen molar-refractivity contribution in [3.05, 3.63) is 29.6 Å². The van der Waals surface area contributed by atoms with Gasteiger partial charge in [-0.2, -0.15) is 11.8 Å². The van der Waals surface area contributed by atoms with Crippen LogP contribution in [0.15, 0.2) is 18.2 Å². The summed E-state index contributed by atoms with van der Waals surface area (Å²) in [4.78, 5) is 11.0. The fourth-order valence-electron chi connectivity index (χ4n) is 1.89. The van der Waals surface area contributed by atoms with Gasteiger partial charge in [0.25, 0.3) is 0 Å². The molecule has 92 valence electrons. The van der Waals surface area contributed by atoms with Crippen LogP contribution in [0, 0.1) is 11.7 Å². The molecule has 0 amide bonds. The van der Waals surface area contributed by atoms with Crippen molar-refractivity contribution in [1.82, 2.24) is 0 Å². The van der Waals surface area contributed by atoms with Crippen LogP contribution in [-0.4, -0.2) is 29.1 Å². The number of thioether (sulfide) groups is 1. The molecular formula is C12H14FNO2S. The van der Waals surface area contributed by atoms with Crippen LogP contribution in [-0.2, 0) is 0 Å². The lowest BCUT2D eigenvalue weighted by atomic mass is 10.1. The summed E-state index contributed by atoms with van der Waals surface area (Å²) >= 11 is 1.90. The van der Waals surface area contributed by atoms with E-state index in [0.717, 1.165) is 17.9 Å². The lowest BCUT2D eigenvalue weighted by molar-refractivity contribution is 0.0693. The fourth-order valence-corrected chi connectivity index (χ4v) is 3.17. The standard InChI is InChI=1S/C12H14FNO2S/c13-9-2-1-3-10(11(9)12(15)16)14-6-8-4-5-17-7-8/h1-3,8,14H,4-7H2,(H,15,16). The molecule has 1 saturated heterocycles. The Labute approximate surface area is 103 Å². The zero-order valence-electron chi connectivity index (χ0n) is 9.28. The third kappa shape index (κ3) is 2.91. The van der Waals surface area contributed by atoms with Crippen molar-refractivity contribution in [1.29, 1.82) is 0 Å². The monoisotopic (exact) mass is 255 g/mol. The second-order valence-electron chi connectivity index (χ2n) is 4.08. The lowest BCUT2D eigenvalue weighted by Crippen LogP contribution is -2.16. The van der Waals surface area contributed by atoms with Crippen LogP contribution in [0.25, 0.3) is 0 Å². The summed E-state index contributed by atoms with van der Waals surface area (Å²) in [5.41, 5.74) is 0.104. The average Bonchev–Trinajstić information content (AvgIpc) is 2.78. The molecule has 2 N–H and O–H groups in total. The second-order valence-corrected chi connectivity index (χ2v) is 5.23. The first-order valence-electron chi connectivity index (χ1n) is 5.52. The molecule has 1 unspecified atom stereocenters. The summed E-state index contributed by atoms with van der Waals surface area (Å²) in [7, 11) is 0. The fraction of sp³-hybridized carbons (Fsp3) is 0.417. The molecule has 1 aliphatic rings. The van der Waals surface area contributed by atoms with Gasteiger partial charge in [0, 0.05) is 6.54 Å². The maximum Gasteiger partial charge on any atom is 0.340 e. The first-order chi connectivity index (χ1) is 8.18. The zero-order chi connectivity index (χ0) is 12.3. The summed E-state index contributed by atoms with van der Waals surface area (Å²) < 4.78 is 13.4. The molecule has 0 aromatic heterocycles. The third-order valence-electron chi connectivity index (χ3n) is 2.83. The summed E-state index contributed by atoms with van der Waals surface area (Å²) in [6.45, 7) is 0.705. The molecule has 1 aromatic carbocycles. The molecule has 17 heavy (non-hydrogen) atoms. The maximum absolute atomic E-state index is 13.4. The van der Waals surface area contributed by atoms with E-state index in [2.05, 4.69) is 5.32 Å². The Kier molecular flexibility index (Phi) is 3.89. The van der Waals surface area contributed by atoms with Crippen LogP contribution in [0.3, 0.4) is 0 Å². The number of anilines is 1. The van der Waals surface area contributed by atoms with Crippen molar-refractivity contribution >= 4 is 23.4 Å². The van der Waals surface area contributed by atoms with Gasteiger partial charge in [-0.25, -0.2) is 9.18 Å². The Morgan fingerprint density at radius 3 is 3.06 bits per heavy atom. The normalized spacial score (nSPS) is 19.2. The highest BCUT2D eigenvalue weighted by atomic mass is 32.2. The SMILES string of the molecule is O=C(O)c1c(F)cccc1NCC1CCSC1. The van der Waals surface area contributed by atoms with E-state index in [1.165, 1.54) is 12.1 Å². The number of nitrogens with one attached hydrogen (secondary N) is 1. The molecule has 2 rings (SSSR count). The smallest absolute Gasteiger partial charge is 0.340 e. The molecule has 1 atom stereocenters. The highest BCUT2D eigenvalue weighted by molar-refractivity contribution is 7.99. The molecular weight excluding hydrogens is 241 g/mol. The zero-order valence-corrected chi connectivity index (χ0v) is 10.1. The van der Waals surface area contributed by atoms with Crippen LogP contribution >= 0.6 is 11.8 Å². The Balaban J connectivity index is 2.09. The van der Waals surface area contributed by atoms with E-state index in [1.54, 1.807) is 6.07 Å².